The first-order chi connectivity index (χ1) is 11.0. The Bertz CT molecular complexity index is 743. The molecule has 0 radical (unpaired) electrons. The summed E-state index contributed by atoms with van der Waals surface area (Å²) in [6.45, 7) is 0.472. The average molecular weight is 330 g/mol. The minimum atomic E-state index is -0.293. The number of aryl methyl sites for hydroxylation is 1. The third-order valence-corrected chi connectivity index (χ3v) is 4.99. The van der Waals surface area contributed by atoms with E-state index >= 15 is 0 Å². The van der Waals surface area contributed by atoms with Gasteiger partial charge in [0.15, 0.2) is 5.16 Å². The highest BCUT2D eigenvalue weighted by Gasteiger charge is 2.32. The maximum absolute atomic E-state index is 12.4. The minimum absolute atomic E-state index is 0.0146. The number of benzene rings is 1. The molecule has 0 spiro atoms. The first-order valence-corrected chi connectivity index (χ1v) is 8.15. The number of carbonyl (C=O) groups excluding carboxylic acids is 2. The Labute approximate surface area is 138 Å². The first-order valence-electron chi connectivity index (χ1n) is 7.33. The summed E-state index contributed by atoms with van der Waals surface area (Å²) in [5.41, 5.74) is 0.743. The van der Waals surface area contributed by atoms with Gasteiger partial charge in [-0.2, -0.15) is 0 Å². The lowest BCUT2D eigenvalue weighted by Crippen LogP contribution is -2.25. The third kappa shape index (κ3) is 3.39. The molecular formula is C16H18N4O2S. The van der Waals surface area contributed by atoms with Gasteiger partial charge >= 0.3 is 0 Å². The second-order valence-corrected chi connectivity index (χ2v) is 6.59. The molecule has 0 saturated carbocycles. The Morgan fingerprint density at radius 2 is 2.13 bits per heavy atom. The molecule has 23 heavy (non-hydrogen) atoms. The van der Waals surface area contributed by atoms with Crippen molar-refractivity contribution in [2.24, 2.45) is 13.0 Å². The lowest BCUT2D eigenvalue weighted by Gasteiger charge is -2.13. The molecule has 7 heteroatoms. The molecule has 1 aliphatic rings. The summed E-state index contributed by atoms with van der Waals surface area (Å²) in [5.74, 6) is -0.393. The van der Waals surface area contributed by atoms with Crippen molar-refractivity contribution in [3.8, 4) is 0 Å². The van der Waals surface area contributed by atoms with E-state index in [1.54, 1.807) is 18.1 Å². The molecule has 2 aromatic rings. The highest BCUT2D eigenvalue weighted by atomic mass is 32.2. The van der Waals surface area contributed by atoms with Crippen LogP contribution in [0.3, 0.4) is 0 Å². The summed E-state index contributed by atoms with van der Waals surface area (Å²) in [6, 6.07) is 7.61. The van der Waals surface area contributed by atoms with Crippen LogP contribution in [0, 0.1) is 5.92 Å². The summed E-state index contributed by atoms with van der Waals surface area (Å²) in [6.07, 6.45) is 3.89. The van der Waals surface area contributed by atoms with Gasteiger partial charge in [-0.25, -0.2) is 4.98 Å². The Morgan fingerprint density at radius 1 is 1.35 bits per heavy atom. The normalized spacial score (nSPS) is 17.6. The van der Waals surface area contributed by atoms with E-state index in [0.717, 1.165) is 15.7 Å². The summed E-state index contributed by atoms with van der Waals surface area (Å²) < 4.78 is 1.92. The summed E-state index contributed by atoms with van der Waals surface area (Å²) >= 11 is 1.49. The van der Waals surface area contributed by atoms with Crippen LogP contribution in [-0.4, -0.2) is 39.9 Å². The SMILES string of the molecule is CN1C[C@@H](C(=O)Nc2ccccc2Sc2nccn2C)CC1=O. The van der Waals surface area contributed by atoms with Gasteiger partial charge in [-0.1, -0.05) is 12.1 Å². The number of para-hydroxylation sites is 1. The molecule has 1 aromatic carbocycles. The lowest BCUT2D eigenvalue weighted by molar-refractivity contribution is -0.127. The van der Waals surface area contributed by atoms with Gasteiger partial charge in [0.1, 0.15) is 0 Å². The number of hydrogen-bond donors (Lipinski definition) is 1. The predicted octanol–water partition coefficient (Wildman–Crippen LogP) is 1.99. The molecule has 1 fully saturated rings. The van der Waals surface area contributed by atoms with Crippen molar-refractivity contribution in [1.29, 1.82) is 0 Å². The Hall–Kier alpha value is -2.28. The molecule has 0 unspecified atom stereocenters. The second kappa shape index (κ2) is 6.45. The van der Waals surface area contributed by atoms with Crippen molar-refractivity contribution < 1.29 is 9.59 Å². The maximum atomic E-state index is 12.4. The van der Waals surface area contributed by atoms with Crippen LogP contribution >= 0.6 is 11.8 Å². The molecule has 3 rings (SSSR count). The van der Waals surface area contributed by atoms with Gasteiger partial charge in [0.2, 0.25) is 11.8 Å². The fourth-order valence-corrected chi connectivity index (χ4v) is 3.37. The van der Waals surface area contributed by atoms with Crippen LogP contribution in [0.15, 0.2) is 46.7 Å². The van der Waals surface area contributed by atoms with Crippen molar-refractivity contribution in [3.63, 3.8) is 0 Å². The third-order valence-electron chi connectivity index (χ3n) is 3.83. The van der Waals surface area contributed by atoms with E-state index in [1.807, 2.05) is 42.1 Å². The van der Waals surface area contributed by atoms with Gasteiger partial charge in [0.25, 0.3) is 0 Å². The van der Waals surface area contributed by atoms with E-state index in [4.69, 9.17) is 0 Å². The number of anilines is 1. The van der Waals surface area contributed by atoms with Gasteiger partial charge < -0.3 is 14.8 Å². The maximum Gasteiger partial charge on any atom is 0.229 e. The summed E-state index contributed by atoms with van der Waals surface area (Å²) in [4.78, 5) is 30.8. The number of likely N-dealkylation sites (tertiary alicyclic amines) is 1. The molecular weight excluding hydrogens is 312 g/mol. The average Bonchev–Trinajstić information content (AvgIpc) is 3.08. The van der Waals surface area contributed by atoms with Gasteiger partial charge in [-0.3, -0.25) is 9.59 Å². The molecule has 2 amide bonds. The summed E-state index contributed by atoms with van der Waals surface area (Å²) in [7, 11) is 3.65. The van der Waals surface area contributed by atoms with E-state index in [-0.39, 0.29) is 24.2 Å². The van der Waals surface area contributed by atoms with E-state index in [1.165, 1.54) is 11.8 Å². The van der Waals surface area contributed by atoms with Crippen LogP contribution in [0.4, 0.5) is 5.69 Å². The topological polar surface area (TPSA) is 67.2 Å². The molecule has 6 nitrogen and oxygen atoms in total. The molecule has 1 aromatic heterocycles. The molecule has 2 heterocycles. The highest BCUT2D eigenvalue weighted by Crippen LogP contribution is 2.32. The number of nitrogens with one attached hydrogen (secondary N) is 1. The number of carbonyl (C=O) groups is 2. The largest absolute Gasteiger partial charge is 0.345 e. The van der Waals surface area contributed by atoms with Crippen LogP contribution in [0.25, 0.3) is 0 Å². The Morgan fingerprint density at radius 3 is 2.78 bits per heavy atom. The standard InChI is InChI=1S/C16H18N4O2S/c1-19-8-7-17-16(19)23-13-6-4-3-5-12(13)18-15(22)11-9-14(21)20(2)10-11/h3-8,11H,9-10H2,1-2H3,(H,18,22)/t11-/m0/s1. The highest BCUT2D eigenvalue weighted by molar-refractivity contribution is 7.99. The molecule has 0 aliphatic carbocycles. The Kier molecular flexibility index (Phi) is 4.38. The fraction of sp³-hybridized carbons (Fsp3) is 0.312. The second-order valence-electron chi connectivity index (χ2n) is 5.58. The molecule has 120 valence electrons. The van der Waals surface area contributed by atoms with Crippen LogP contribution in [0.1, 0.15) is 6.42 Å². The van der Waals surface area contributed by atoms with Gasteiger partial charge in [0, 0.05) is 44.4 Å². The van der Waals surface area contributed by atoms with Crippen molar-refractivity contribution in [1.82, 2.24) is 14.5 Å². The molecule has 1 atom stereocenters. The van der Waals surface area contributed by atoms with E-state index in [0.29, 0.717) is 6.54 Å². The van der Waals surface area contributed by atoms with Crippen molar-refractivity contribution >= 4 is 29.3 Å². The van der Waals surface area contributed by atoms with E-state index in [2.05, 4.69) is 10.3 Å². The number of hydrogen-bond acceptors (Lipinski definition) is 4. The minimum Gasteiger partial charge on any atom is -0.345 e. The predicted molar refractivity (Wildman–Crippen MR) is 88.1 cm³/mol. The summed E-state index contributed by atoms with van der Waals surface area (Å²) in [5, 5.41) is 3.80. The van der Waals surface area contributed by atoms with Gasteiger partial charge in [-0.15, -0.1) is 0 Å². The van der Waals surface area contributed by atoms with Crippen molar-refractivity contribution in [2.75, 3.05) is 18.9 Å². The van der Waals surface area contributed by atoms with Gasteiger partial charge in [-0.05, 0) is 23.9 Å². The van der Waals surface area contributed by atoms with Crippen LogP contribution in [0.2, 0.25) is 0 Å². The molecule has 0 bridgehead atoms. The van der Waals surface area contributed by atoms with Crippen LogP contribution in [0.5, 0.6) is 0 Å². The first kappa shape index (κ1) is 15.6. The smallest absolute Gasteiger partial charge is 0.229 e. The quantitative estimate of drug-likeness (QED) is 0.931. The number of imidazole rings is 1. The number of nitrogens with zero attached hydrogens (tertiary/aromatic N) is 3. The zero-order valence-corrected chi connectivity index (χ0v) is 13.8. The zero-order chi connectivity index (χ0) is 16.4. The molecule has 1 N–H and O–H groups in total. The van der Waals surface area contributed by atoms with Crippen LogP contribution < -0.4 is 5.32 Å². The van der Waals surface area contributed by atoms with E-state index < -0.39 is 0 Å². The molecule has 1 aliphatic heterocycles. The van der Waals surface area contributed by atoms with Crippen molar-refractivity contribution in [2.45, 2.75) is 16.5 Å². The van der Waals surface area contributed by atoms with Crippen molar-refractivity contribution in [3.05, 3.63) is 36.7 Å². The Balaban J connectivity index is 1.74. The van der Waals surface area contributed by atoms with Gasteiger partial charge in [0.05, 0.1) is 11.6 Å². The number of aromatic nitrogens is 2. The van der Waals surface area contributed by atoms with E-state index in [9.17, 15) is 9.59 Å². The molecule has 1 saturated heterocycles. The number of rotatable bonds is 4. The lowest BCUT2D eigenvalue weighted by atomic mass is 10.1. The van der Waals surface area contributed by atoms with Crippen LogP contribution in [-0.2, 0) is 16.6 Å². The number of amides is 2. The fourth-order valence-electron chi connectivity index (χ4n) is 2.48. The monoisotopic (exact) mass is 330 g/mol. The zero-order valence-electron chi connectivity index (χ0n) is 13.0.